The molecule has 0 rings (SSSR count). The number of hydrogen-bond donors (Lipinski definition) is 0. The van der Waals surface area contributed by atoms with Crippen LogP contribution in [0.5, 0.6) is 0 Å². The van der Waals surface area contributed by atoms with Crippen molar-refractivity contribution in [3.05, 3.63) is 0 Å². The predicted octanol–water partition coefficient (Wildman–Crippen LogP) is -2.97. The van der Waals surface area contributed by atoms with Crippen LogP contribution in [0.1, 0.15) is 0 Å². The van der Waals surface area contributed by atoms with Gasteiger partial charge in [-0.3, -0.25) is 0 Å². The van der Waals surface area contributed by atoms with Gasteiger partial charge in [-0.25, -0.2) is 0 Å². The first kappa shape index (κ1) is 92.7. The third-order valence-corrected chi connectivity index (χ3v) is 0. The van der Waals surface area contributed by atoms with Crippen LogP contribution >= 0.6 is 12.4 Å². The Morgan fingerprint density at radius 3 is 0.600 bits per heavy atom. The third kappa shape index (κ3) is 31.2. The van der Waals surface area contributed by atoms with E-state index in [4.69, 9.17) is 0 Å². The normalized spacial score (nSPS) is 0. The van der Waals surface area contributed by atoms with Gasteiger partial charge in [-0.05, 0) is 0 Å². The summed E-state index contributed by atoms with van der Waals surface area (Å²) in [6.45, 7) is 0. The molecule has 3 nitrogen and oxygen atoms in total. The molecule has 0 saturated carbocycles. The molecule has 0 unspecified atom stereocenters. The van der Waals surface area contributed by atoms with Crippen molar-refractivity contribution in [2.24, 2.45) is 0 Å². The zero-order valence-corrected chi connectivity index (χ0v) is 2.72. The van der Waals surface area contributed by atoms with E-state index in [2.05, 4.69) is 0 Å². The third-order valence-electron chi connectivity index (χ3n) is 0. The second kappa shape index (κ2) is 52.1. The van der Waals surface area contributed by atoms with Crippen LogP contribution in [0.25, 0.3) is 0 Å². The summed E-state index contributed by atoms with van der Waals surface area (Å²) < 4.78 is 0. The molecule has 0 amide bonds. The van der Waals surface area contributed by atoms with Crippen molar-refractivity contribution in [1.82, 2.24) is 0 Å². The minimum atomic E-state index is 0. The van der Waals surface area contributed by atoms with Gasteiger partial charge in [-0.2, -0.15) is 0 Å². The Morgan fingerprint density at radius 2 is 0.600 bits per heavy atom. The van der Waals surface area contributed by atoms with Gasteiger partial charge in [0.25, 0.3) is 0 Å². The molecular weight excluding hydrogens is 124 g/mol. The van der Waals surface area contributed by atoms with Crippen LogP contribution in [0.2, 0.25) is 0 Å². The van der Waals surface area contributed by atoms with Gasteiger partial charge in [0.2, 0.25) is 0 Å². The zero-order valence-electron chi connectivity index (χ0n) is 1.91. The monoisotopic (exact) mass is 132 g/mol. The van der Waals surface area contributed by atoms with E-state index >= 15 is 0 Å². The quantitative estimate of drug-likeness (QED) is 0.315. The maximum absolute atomic E-state index is 0. The van der Waals surface area contributed by atoms with Gasteiger partial charge in [0.15, 0.2) is 0 Å². The van der Waals surface area contributed by atoms with Crippen molar-refractivity contribution in [2.75, 3.05) is 0 Å². The fourth-order valence-corrected chi connectivity index (χ4v) is 0. The molecule has 0 bridgehead atoms. The Labute approximate surface area is 66.1 Å². The Kier molecular flexibility index (Phi) is 967. The van der Waals surface area contributed by atoms with E-state index < -0.39 is 0 Å². The SMILES string of the molecule is Cl.O.O.O.[CaH2]. The molecule has 6 N–H and O–H groups in total. The molecule has 0 aromatic rings. The molecule has 0 aromatic carbocycles. The van der Waals surface area contributed by atoms with Crippen LogP contribution in [0.3, 0.4) is 0 Å². The summed E-state index contributed by atoms with van der Waals surface area (Å²) in [7, 11) is 0. The molecule has 0 aliphatic rings. The Hall–Kier alpha value is 1.43. The van der Waals surface area contributed by atoms with Crippen molar-refractivity contribution in [2.45, 2.75) is 0 Å². The van der Waals surface area contributed by atoms with Gasteiger partial charge in [0.05, 0.1) is 0 Å². The topological polar surface area (TPSA) is 94.5 Å². The summed E-state index contributed by atoms with van der Waals surface area (Å²) in [4.78, 5) is 0. The van der Waals surface area contributed by atoms with E-state index in [0.717, 1.165) is 0 Å². The van der Waals surface area contributed by atoms with Crippen LogP contribution in [-0.4, -0.2) is 54.2 Å². The van der Waals surface area contributed by atoms with Gasteiger partial charge in [-0.15, -0.1) is 12.4 Å². The fourth-order valence-electron chi connectivity index (χ4n) is 0. The van der Waals surface area contributed by atoms with Crippen LogP contribution in [0, 0.1) is 0 Å². The Bertz CT molecular complexity index is 6.85. The van der Waals surface area contributed by atoms with Gasteiger partial charge in [-0.1, -0.05) is 0 Å². The molecule has 0 heterocycles. The fraction of sp³-hybridized carbons (Fsp3) is 0. The van der Waals surface area contributed by atoms with Crippen LogP contribution in [0.15, 0.2) is 0 Å². The van der Waals surface area contributed by atoms with E-state index in [0.29, 0.717) is 0 Å². The van der Waals surface area contributed by atoms with Crippen LogP contribution < -0.4 is 0 Å². The summed E-state index contributed by atoms with van der Waals surface area (Å²) >= 11 is 0. The van der Waals surface area contributed by atoms with Gasteiger partial charge < -0.3 is 16.4 Å². The van der Waals surface area contributed by atoms with Crippen molar-refractivity contribution < 1.29 is 16.4 Å². The number of halogens is 1. The second-order valence-electron chi connectivity index (χ2n) is 0. The molecule has 0 aliphatic carbocycles. The maximum atomic E-state index is 0. The molecular formula is H9CaClO3. The molecule has 5 heavy (non-hydrogen) atoms. The van der Waals surface area contributed by atoms with E-state index in [-0.39, 0.29) is 66.6 Å². The molecule has 0 aliphatic heterocycles. The average molecular weight is 133 g/mol. The first-order valence-electron chi connectivity index (χ1n) is 0. The molecule has 0 fully saturated rings. The second-order valence-corrected chi connectivity index (χ2v) is 0. The molecule has 0 saturated heterocycles. The van der Waals surface area contributed by atoms with E-state index in [9.17, 15) is 0 Å². The van der Waals surface area contributed by atoms with E-state index in [1.54, 1.807) is 0 Å². The van der Waals surface area contributed by atoms with Crippen molar-refractivity contribution in [3.8, 4) is 0 Å². The Morgan fingerprint density at radius 1 is 0.600 bits per heavy atom. The first-order chi connectivity index (χ1) is 0. The van der Waals surface area contributed by atoms with Gasteiger partial charge >= 0.3 is 37.7 Å². The van der Waals surface area contributed by atoms with E-state index in [1.165, 1.54) is 0 Å². The molecule has 0 spiro atoms. The van der Waals surface area contributed by atoms with Crippen LogP contribution in [0.4, 0.5) is 0 Å². The summed E-state index contributed by atoms with van der Waals surface area (Å²) in [6, 6.07) is 0. The summed E-state index contributed by atoms with van der Waals surface area (Å²) in [5, 5.41) is 0. The van der Waals surface area contributed by atoms with Crippen molar-refractivity contribution in [3.63, 3.8) is 0 Å². The minimum absolute atomic E-state index is 0. The van der Waals surface area contributed by atoms with Crippen molar-refractivity contribution >= 4 is 50.1 Å². The predicted molar refractivity (Wildman–Crippen MR) is 26.6 cm³/mol. The first-order valence-corrected chi connectivity index (χ1v) is 0. The summed E-state index contributed by atoms with van der Waals surface area (Å²) in [6.07, 6.45) is 0. The van der Waals surface area contributed by atoms with Gasteiger partial charge in [0, 0.05) is 0 Å². The molecule has 0 aromatic heterocycles. The summed E-state index contributed by atoms with van der Waals surface area (Å²) in [5.41, 5.74) is 0. The van der Waals surface area contributed by atoms with Crippen LogP contribution in [-0.2, 0) is 0 Å². The molecule has 0 radical (unpaired) electrons. The van der Waals surface area contributed by atoms with Gasteiger partial charge in [0.1, 0.15) is 0 Å². The van der Waals surface area contributed by atoms with E-state index in [1.807, 2.05) is 0 Å². The molecule has 0 atom stereocenters. The number of hydrogen-bond acceptors (Lipinski definition) is 0. The summed E-state index contributed by atoms with van der Waals surface area (Å²) in [5.74, 6) is 0. The molecule has 5 heteroatoms. The average Bonchev–Trinajstić information content (AvgIpc) is 0. The zero-order chi connectivity index (χ0) is 0. The van der Waals surface area contributed by atoms with Crippen molar-refractivity contribution in [1.29, 1.82) is 0 Å². The Balaban J connectivity index is 0. The standard InChI is InChI=1S/Ca.ClH.3H2O.2H/h;1H;3*1H2;;. The molecule has 36 valence electrons. The number of rotatable bonds is 0.